The van der Waals surface area contributed by atoms with E-state index in [9.17, 15) is 0 Å². The molecule has 1 N–H and O–H groups in total. The summed E-state index contributed by atoms with van der Waals surface area (Å²) in [6.45, 7) is 5.92. The van der Waals surface area contributed by atoms with E-state index in [1.165, 1.54) is 35.5 Å². The number of hydrogen-bond acceptors (Lipinski definition) is 2. The molecule has 0 bridgehead atoms. The maximum atomic E-state index is 3.35. The van der Waals surface area contributed by atoms with Crippen LogP contribution in [-0.4, -0.2) is 13.6 Å². The summed E-state index contributed by atoms with van der Waals surface area (Å²) in [6.07, 6.45) is 2.56. The number of para-hydroxylation sites is 3. The number of nitrogens with one attached hydrogen (secondary N) is 1. The Bertz CT molecular complexity index is 723. The van der Waals surface area contributed by atoms with E-state index in [2.05, 4.69) is 72.6 Å². The molecule has 4 rings (SSSR count). The fourth-order valence-electron chi connectivity index (χ4n) is 4.57. The molecule has 0 saturated heterocycles. The summed E-state index contributed by atoms with van der Waals surface area (Å²) in [4.78, 5) is 2.53. The zero-order valence-corrected chi connectivity index (χ0v) is 13.7. The van der Waals surface area contributed by atoms with Crippen LogP contribution in [0.5, 0.6) is 0 Å². The minimum absolute atomic E-state index is 0.365. The lowest BCUT2D eigenvalue weighted by Crippen LogP contribution is -2.36. The smallest absolute Gasteiger partial charge is 0.0646 e. The maximum absolute atomic E-state index is 3.35. The molecule has 2 heteroatoms. The first kappa shape index (κ1) is 13.7. The summed E-state index contributed by atoms with van der Waals surface area (Å²) < 4.78 is 0. The Balaban J connectivity index is 1.89. The highest BCUT2D eigenvalue weighted by Gasteiger charge is 2.67. The van der Waals surface area contributed by atoms with Crippen molar-refractivity contribution in [1.29, 1.82) is 0 Å². The molecule has 0 radical (unpaired) electrons. The molecule has 2 aromatic rings. The Hall–Kier alpha value is -1.96. The van der Waals surface area contributed by atoms with Gasteiger partial charge in [-0.25, -0.2) is 0 Å². The van der Waals surface area contributed by atoms with E-state index in [0.717, 1.165) is 6.54 Å². The molecule has 1 aliphatic carbocycles. The first-order chi connectivity index (χ1) is 10.6. The van der Waals surface area contributed by atoms with E-state index >= 15 is 0 Å². The monoisotopic (exact) mass is 292 g/mol. The Morgan fingerprint density at radius 1 is 1.05 bits per heavy atom. The lowest BCUT2D eigenvalue weighted by atomic mass is 9.81. The molecule has 0 amide bonds. The van der Waals surface area contributed by atoms with E-state index in [0.29, 0.717) is 10.8 Å². The first-order valence-electron chi connectivity index (χ1n) is 8.29. The SMILES string of the molecule is CCC12CN(c3ccccc3NC)c3ccccc3C1(C)C2. The van der Waals surface area contributed by atoms with Crippen molar-refractivity contribution < 1.29 is 0 Å². The second-order valence-corrected chi connectivity index (χ2v) is 7.01. The zero-order chi connectivity index (χ0) is 15.4. The third kappa shape index (κ3) is 1.61. The molecule has 2 unspecified atom stereocenters. The number of fused-ring (bicyclic) bond motifs is 3. The highest BCUT2D eigenvalue weighted by Crippen LogP contribution is 2.71. The largest absolute Gasteiger partial charge is 0.386 e. The van der Waals surface area contributed by atoms with Crippen molar-refractivity contribution in [3.05, 3.63) is 54.1 Å². The van der Waals surface area contributed by atoms with E-state index < -0.39 is 0 Å². The minimum atomic E-state index is 0.365. The summed E-state index contributed by atoms with van der Waals surface area (Å²) in [6, 6.07) is 17.6. The highest BCUT2D eigenvalue weighted by molar-refractivity contribution is 5.80. The quantitative estimate of drug-likeness (QED) is 0.862. The molecule has 2 aliphatic rings. The second-order valence-electron chi connectivity index (χ2n) is 7.01. The zero-order valence-electron chi connectivity index (χ0n) is 13.7. The molecular weight excluding hydrogens is 268 g/mol. The standard InChI is InChI=1S/C20H24N2/c1-4-20-13-19(20,2)15-9-5-7-11-17(15)22(14-20)18-12-8-6-10-16(18)21-3/h5-12,21H,4,13-14H2,1-3H3. The van der Waals surface area contributed by atoms with Crippen LogP contribution >= 0.6 is 0 Å². The van der Waals surface area contributed by atoms with Gasteiger partial charge in [-0.05, 0) is 42.0 Å². The molecule has 1 saturated carbocycles. The van der Waals surface area contributed by atoms with Crippen molar-refractivity contribution in [2.75, 3.05) is 23.8 Å². The van der Waals surface area contributed by atoms with Gasteiger partial charge in [0.05, 0.1) is 11.4 Å². The van der Waals surface area contributed by atoms with Crippen molar-refractivity contribution in [1.82, 2.24) is 0 Å². The molecule has 1 fully saturated rings. The third-order valence-corrected chi connectivity index (χ3v) is 6.13. The molecule has 0 spiro atoms. The molecule has 0 aromatic heterocycles. The number of anilines is 3. The van der Waals surface area contributed by atoms with Gasteiger partial charge in [0.25, 0.3) is 0 Å². The molecule has 2 nitrogen and oxygen atoms in total. The van der Waals surface area contributed by atoms with E-state index in [4.69, 9.17) is 0 Å². The van der Waals surface area contributed by atoms with E-state index in [-0.39, 0.29) is 0 Å². The fraction of sp³-hybridized carbons (Fsp3) is 0.400. The van der Waals surface area contributed by atoms with Gasteiger partial charge in [0.2, 0.25) is 0 Å². The third-order valence-electron chi connectivity index (χ3n) is 6.13. The van der Waals surface area contributed by atoms with Gasteiger partial charge in [0, 0.05) is 24.7 Å². The van der Waals surface area contributed by atoms with Crippen LogP contribution in [-0.2, 0) is 5.41 Å². The number of benzene rings is 2. The minimum Gasteiger partial charge on any atom is -0.386 e. The van der Waals surface area contributed by atoms with Gasteiger partial charge in [0.1, 0.15) is 0 Å². The van der Waals surface area contributed by atoms with Crippen LogP contribution in [0.1, 0.15) is 32.3 Å². The first-order valence-corrected chi connectivity index (χ1v) is 8.29. The Kier molecular flexibility index (Phi) is 2.81. The van der Waals surface area contributed by atoms with Crippen LogP contribution in [0.3, 0.4) is 0 Å². The van der Waals surface area contributed by atoms with Gasteiger partial charge in [-0.2, -0.15) is 0 Å². The van der Waals surface area contributed by atoms with Gasteiger partial charge in [-0.3, -0.25) is 0 Å². The lowest BCUT2D eigenvalue weighted by Gasteiger charge is -2.40. The fourth-order valence-corrected chi connectivity index (χ4v) is 4.57. The average Bonchev–Trinajstić information content (AvgIpc) is 3.21. The predicted molar refractivity (Wildman–Crippen MR) is 94.1 cm³/mol. The summed E-state index contributed by atoms with van der Waals surface area (Å²) in [5.74, 6) is 0. The van der Waals surface area contributed by atoms with Crippen LogP contribution < -0.4 is 10.2 Å². The molecule has 2 aromatic carbocycles. The Labute approximate surface area is 133 Å². The average molecular weight is 292 g/mol. The number of nitrogens with zero attached hydrogens (tertiary/aromatic N) is 1. The Morgan fingerprint density at radius 3 is 2.45 bits per heavy atom. The molecule has 1 heterocycles. The second kappa shape index (κ2) is 4.52. The van der Waals surface area contributed by atoms with Gasteiger partial charge in [-0.15, -0.1) is 0 Å². The van der Waals surface area contributed by atoms with Crippen LogP contribution in [0.25, 0.3) is 0 Å². The van der Waals surface area contributed by atoms with Crippen LogP contribution in [0, 0.1) is 5.41 Å². The van der Waals surface area contributed by atoms with E-state index in [1.807, 2.05) is 7.05 Å². The molecule has 114 valence electrons. The van der Waals surface area contributed by atoms with Crippen molar-refractivity contribution in [2.45, 2.75) is 32.1 Å². The van der Waals surface area contributed by atoms with Gasteiger partial charge < -0.3 is 10.2 Å². The van der Waals surface area contributed by atoms with Gasteiger partial charge >= 0.3 is 0 Å². The van der Waals surface area contributed by atoms with Crippen molar-refractivity contribution in [2.24, 2.45) is 5.41 Å². The summed E-state index contributed by atoms with van der Waals surface area (Å²) in [7, 11) is 2.01. The van der Waals surface area contributed by atoms with E-state index in [1.54, 1.807) is 0 Å². The number of rotatable bonds is 3. The van der Waals surface area contributed by atoms with Crippen molar-refractivity contribution in [3.8, 4) is 0 Å². The van der Waals surface area contributed by atoms with Gasteiger partial charge in [0.15, 0.2) is 0 Å². The van der Waals surface area contributed by atoms with Crippen molar-refractivity contribution in [3.63, 3.8) is 0 Å². The normalized spacial score (nSPS) is 28.8. The highest BCUT2D eigenvalue weighted by atomic mass is 15.2. The van der Waals surface area contributed by atoms with Crippen LogP contribution in [0.15, 0.2) is 48.5 Å². The topological polar surface area (TPSA) is 15.3 Å². The summed E-state index contributed by atoms with van der Waals surface area (Å²) >= 11 is 0. The molecule has 2 atom stereocenters. The molecule has 22 heavy (non-hydrogen) atoms. The van der Waals surface area contributed by atoms with Crippen molar-refractivity contribution >= 4 is 17.1 Å². The maximum Gasteiger partial charge on any atom is 0.0646 e. The van der Waals surface area contributed by atoms with Crippen LogP contribution in [0.4, 0.5) is 17.1 Å². The summed E-state index contributed by atoms with van der Waals surface area (Å²) in [5, 5.41) is 3.35. The predicted octanol–water partition coefficient (Wildman–Crippen LogP) is 4.94. The number of hydrogen-bond donors (Lipinski definition) is 1. The molecule has 1 aliphatic heterocycles. The van der Waals surface area contributed by atoms with Gasteiger partial charge in [-0.1, -0.05) is 44.2 Å². The summed E-state index contributed by atoms with van der Waals surface area (Å²) in [5.41, 5.74) is 6.20. The lowest BCUT2D eigenvalue weighted by molar-refractivity contribution is 0.410. The Morgan fingerprint density at radius 2 is 1.73 bits per heavy atom. The van der Waals surface area contributed by atoms with Crippen LogP contribution in [0.2, 0.25) is 0 Å². The molecular formula is C20H24N2.